The predicted octanol–water partition coefficient (Wildman–Crippen LogP) is 4.36. The number of carbonyl (C=O) groups is 2. The summed E-state index contributed by atoms with van der Waals surface area (Å²) in [5.74, 6) is 1.26. The molecule has 0 aliphatic rings. The Labute approximate surface area is 171 Å². The Morgan fingerprint density at radius 3 is 1.93 bits per heavy atom. The zero-order chi connectivity index (χ0) is 21.1. The summed E-state index contributed by atoms with van der Waals surface area (Å²) < 4.78 is 0.371. The normalized spacial score (nSPS) is 12.7. The van der Waals surface area contributed by atoms with Crippen molar-refractivity contribution in [2.75, 3.05) is 25.4 Å². The van der Waals surface area contributed by atoms with Crippen LogP contribution in [0.15, 0.2) is 0 Å². The van der Waals surface area contributed by atoms with E-state index in [2.05, 4.69) is 36.7 Å². The predicted molar refractivity (Wildman–Crippen MR) is 119 cm³/mol. The first kappa shape index (κ1) is 26.2. The van der Waals surface area contributed by atoms with Crippen LogP contribution in [0, 0.1) is 5.41 Å². The molecular weight excluding hydrogens is 358 g/mol. The molecule has 0 spiro atoms. The second-order valence-corrected chi connectivity index (χ2v) is 11.6. The molecule has 0 radical (unpaired) electrons. The second kappa shape index (κ2) is 11.9. The lowest BCUT2D eigenvalue weighted by atomic mass is 9.80. The highest BCUT2D eigenvalue weighted by molar-refractivity contribution is 8.00. The van der Waals surface area contributed by atoms with Gasteiger partial charge in [-0.25, -0.2) is 4.79 Å². The SMILES string of the molecule is CC(C)(C)SCCCCCCNCCNC(=O)NC(C)(C)C(=O)C(C)(C)C. The summed E-state index contributed by atoms with van der Waals surface area (Å²) in [7, 11) is 0. The van der Waals surface area contributed by atoms with Gasteiger partial charge in [-0.15, -0.1) is 0 Å². The van der Waals surface area contributed by atoms with Crippen LogP contribution in [0.25, 0.3) is 0 Å². The maximum absolute atomic E-state index is 12.4. The van der Waals surface area contributed by atoms with E-state index in [-0.39, 0.29) is 11.8 Å². The van der Waals surface area contributed by atoms with Crippen molar-refractivity contribution in [3.05, 3.63) is 0 Å². The molecule has 0 fully saturated rings. The minimum Gasteiger partial charge on any atom is -0.337 e. The van der Waals surface area contributed by atoms with Gasteiger partial charge in [0.25, 0.3) is 0 Å². The molecule has 0 aliphatic heterocycles. The molecule has 0 bridgehead atoms. The third-order valence-electron chi connectivity index (χ3n) is 4.05. The molecule has 3 N–H and O–H groups in total. The fraction of sp³-hybridized carbons (Fsp3) is 0.905. The van der Waals surface area contributed by atoms with Crippen LogP contribution in [0.3, 0.4) is 0 Å². The van der Waals surface area contributed by atoms with Gasteiger partial charge in [-0.1, -0.05) is 54.4 Å². The van der Waals surface area contributed by atoms with Crippen molar-refractivity contribution in [1.29, 1.82) is 0 Å². The second-order valence-electron chi connectivity index (χ2n) is 9.71. The van der Waals surface area contributed by atoms with Gasteiger partial charge >= 0.3 is 6.03 Å². The van der Waals surface area contributed by atoms with Crippen LogP contribution < -0.4 is 16.0 Å². The van der Waals surface area contributed by atoms with Crippen molar-refractivity contribution in [2.24, 2.45) is 5.41 Å². The van der Waals surface area contributed by atoms with Crippen LogP contribution in [0.5, 0.6) is 0 Å². The van der Waals surface area contributed by atoms with Crippen LogP contribution in [-0.4, -0.2) is 47.5 Å². The summed E-state index contributed by atoms with van der Waals surface area (Å²) in [6.07, 6.45) is 4.98. The largest absolute Gasteiger partial charge is 0.337 e. The molecule has 0 atom stereocenters. The van der Waals surface area contributed by atoms with E-state index in [0.717, 1.165) is 13.1 Å². The van der Waals surface area contributed by atoms with E-state index in [0.29, 0.717) is 11.3 Å². The van der Waals surface area contributed by atoms with E-state index in [9.17, 15) is 9.59 Å². The molecule has 0 aliphatic carbocycles. The molecule has 0 aromatic heterocycles. The molecule has 27 heavy (non-hydrogen) atoms. The van der Waals surface area contributed by atoms with Crippen molar-refractivity contribution in [3.8, 4) is 0 Å². The van der Waals surface area contributed by atoms with Gasteiger partial charge in [0, 0.05) is 23.3 Å². The number of rotatable bonds is 12. The third-order valence-corrected chi connectivity index (χ3v) is 5.40. The number of nitrogens with one attached hydrogen (secondary N) is 3. The van der Waals surface area contributed by atoms with Crippen molar-refractivity contribution in [2.45, 2.75) is 91.4 Å². The standard InChI is InChI=1S/C21H43N3O2S/c1-19(2,3)17(25)21(7,8)24-18(26)23-15-14-22-13-11-9-10-12-16-27-20(4,5)6/h22H,9-16H2,1-8H3,(H2,23,24,26). The molecule has 5 nitrogen and oxygen atoms in total. The van der Waals surface area contributed by atoms with Crippen molar-refractivity contribution >= 4 is 23.6 Å². The fourth-order valence-corrected chi connectivity index (χ4v) is 3.76. The summed E-state index contributed by atoms with van der Waals surface area (Å²) in [6.45, 7) is 18.1. The molecule has 0 aromatic rings. The number of urea groups is 1. The van der Waals surface area contributed by atoms with E-state index in [4.69, 9.17) is 0 Å². The maximum atomic E-state index is 12.4. The zero-order valence-corrected chi connectivity index (χ0v) is 19.7. The van der Waals surface area contributed by atoms with Gasteiger partial charge < -0.3 is 16.0 Å². The number of carbonyl (C=O) groups excluding carboxylic acids is 2. The van der Waals surface area contributed by atoms with Crippen molar-refractivity contribution in [3.63, 3.8) is 0 Å². The first-order valence-electron chi connectivity index (χ1n) is 10.2. The summed E-state index contributed by atoms with van der Waals surface area (Å²) in [5.41, 5.74) is -1.36. The maximum Gasteiger partial charge on any atom is 0.315 e. The van der Waals surface area contributed by atoms with Crippen LogP contribution >= 0.6 is 11.8 Å². The number of ketones is 1. The van der Waals surface area contributed by atoms with Gasteiger partial charge in [0.2, 0.25) is 0 Å². The van der Waals surface area contributed by atoms with Crippen LogP contribution in [0.1, 0.15) is 81.1 Å². The van der Waals surface area contributed by atoms with Crippen LogP contribution in [0.2, 0.25) is 0 Å². The molecule has 0 saturated heterocycles. The lowest BCUT2D eigenvalue weighted by molar-refractivity contribution is -0.131. The Balaban J connectivity index is 3.68. The Morgan fingerprint density at radius 1 is 0.778 bits per heavy atom. The number of unbranched alkanes of at least 4 members (excludes halogenated alkanes) is 3. The topological polar surface area (TPSA) is 70.2 Å². The van der Waals surface area contributed by atoms with Gasteiger partial charge in [-0.2, -0.15) is 11.8 Å². The average Bonchev–Trinajstić information content (AvgIpc) is 2.49. The summed E-state index contributed by atoms with van der Waals surface area (Å²) in [4.78, 5) is 24.3. The number of Topliss-reactive ketones (excluding diaryl/α,β-unsaturated/α-hetero) is 1. The molecular formula is C21H43N3O2S. The molecule has 0 heterocycles. The Morgan fingerprint density at radius 2 is 1.37 bits per heavy atom. The minimum atomic E-state index is -0.874. The van der Waals surface area contributed by atoms with Gasteiger partial charge in [0.15, 0.2) is 5.78 Å². The molecule has 160 valence electrons. The van der Waals surface area contributed by atoms with E-state index in [1.165, 1.54) is 31.4 Å². The monoisotopic (exact) mass is 401 g/mol. The lowest BCUT2D eigenvalue weighted by Crippen LogP contribution is -2.56. The molecule has 0 unspecified atom stereocenters. The molecule has 0 saturated carbocycles. The van der Waals surface area contributed by atoms with Gasteiger partial charge in [0.05, 0.1) is 5.54 Å². The number of thioether (sulfide) groups is 1. The lowest BCUT2D eigenvalue weighted by Gasteiger charge is -2.31. The quantitative estimate of drug-likeness (QED) is 0.425. The fourth-order valence-electron chi connectivity index (χ4n) is 2.80. The van der Waals surface area contributed by atoms with Gasteiger partial charge in [0.1, 0.15) is 0 Å². The summed E-state index contributed by atoms with van der Waals surface area (Å²) in [6, 6.07) is -0.296. The first-order chi connectivity index (χ1) is 12.3. The van der Waals surface area contributed by atoms with Crippen molar-refractivity contribution < 1.29 is 9.59 Å². The van der Waals surface area contributed by atoms with E-state index >= 15 is 0 Å². The van der Waals surface area contributed by atoms with Crippen molar-refractivity contribution in [1.82, 2.24) is 16.0 Å². The highest BCUT2D eigenvalue weighted by atomic mass is 32.2. The Kier molecular flexibility index (Phi) is 11.6. The highest BCUT2D eigenvalue weighted by Crippen LogP contribution is 2.24. The minimum absolute atomic E-state index is 0.0178. The zero-order valence-electron chi connectivity index (χ0n) is 18.9. The van der Waals surface area contributed by atoms with Crippen LogP contribution in [-0.2, 0) is 4.79 Å². The Hall–Kier alpha value is -0.750. The van der Waals surface area contributed by atoms with E-state index in [1.807, 2.05) is 32.5 Å². The summed E-state index contributed by atoms with van der Waals surface area (Å²) in [5, 5.41) is 8.94. The van der Waals surface area contributed by atoms with Gasteiger partial charge in [-0.3, -0.25) is 4.79 Å². The third kappa shape index (κ3) is 14.0. The number of hydrogen-bond acceptors (Lipinski definition) is 4. The summed E-state index contributed by atoms with van der Waals surface area (Å²) >= 11 is 2.03. The average molecular weight is 402 g/mol. The molecule has 6 heteroatoms. The Bertz CT molecular complexity index is 451. The smallest absolute Gasteiger partial charge is 0.315 e. The highest BCUT2D eigenvalue weighted by Gasteiger charge is 2.37. The molecule has 0 rings (SSSR count). The molecule has 2 amide bonds. The first-order valence-corrected chi connectivity index (χ1v) is 11.2. The molecule has 0 aromatic carbocycles. The van der Waals surface area contributed by atoms with E-state index < -0.39 is 11.0 Å². The number of hydrogen-bond donors (Lipinski definition) is 3. The van der Waals surface area contributed by atoms with E-state index in [1.54, 1.807) is 13.8 Å². The van der Waals surface area contributed by atoms with Crippen LogP contribution in [0.4, 0.5) is 4.79 Å². The number of amides is 2. The van der Waals surface area contributed by atoms with Gasteiger partial charge in [-0.05, 0) is 39.0 Å².